The number of para-hydroxylation sites is 1. The van der Waals surface area contributed by atoms with Gasteiger partial charge < -0.3 is 10.1 Å². The molecule has 3 rings (SSSR count). The predicted octanol–water partition coefficient (Wildman–Crippen LogP) is 3.72. The maximum absolute atomic E-state index is 5.75. The van der Waals surface area contributed by atoms with E-state index in [1.807, 2.05) is 0 Å². The zero-order valence-corrected chi connectivity index (χ0v) is 11.9. The first kappa shape index (κ1) is 13.0. The molecule has 0 amide bonds. The van der Waals surface area contributed by atoms with E-state index in [0.717, 1.165) is 24.8 Å². The lowest BCUT2D eigenvalue weighted by atomic mass is 9.84. The number of benzene rings is 1. The highest BCUT2D eigenvalue weighted by Crippen LogP contribution is 2.33. The molecule has 2 aliphatic rings. The van der Waals surface area contributed by atoms with E-state index in [2.05, 4.69) is 36.5 Å². The van der Waals surface area contributed by atoms with Gasteiger partial charge in [-0.3, -0.25) is 0 Å². The summed E-state index contributed by atoms with van der Waals surface area (Å²) in [7, 11) is 0. The fourth-order valence-corrected chi connectivity index (χ4v) is 3.53. The van der Waals surface area contributed by atoms with E-state index in [9.17, 15) is 0 Å². The van der Waals surface area contributed by atoms with Gasteiger partial charge in [0.2, 0.25) is 0 Å². The molecular formula is C17H25NO. The Balaban J connectivity index is 1.52. The van der Waals surface area contributed by atoms with Gasteiger partial charge in [0.15, 0.2) is 0 Å². The summed E-state index contributed by atoms with van der Waals surface area (Å²) in [5.74, 6) is 2.49. The van der Waals surface area contributed by atoms with Crippen LogP contribution in [0.3, 0.4) is 0 Å². The Morgan fingerprint density at radius 1 is 1.21 bits per heavy atom. The minimum Gasteiger partial charge on any atom is -0.493 e. The monoisotopic (exact) mass is 259 g/mol. The number of hydrogen-bond donors (Lipinski definition) is 1. The van der Waals surface area contributed by atoms with Crippen LogP contribution < -0.4 is 10.1 Å². The third kappa shape index (κ3) is 2.94. The van der Waals surface area contributed by atoms with Crippen LogP contribution in [0.15, 0.2) is 24.3 Å². The summed E-state index contributed by atoms with van der Waals surface area (Å²) < 4.78 is 5.75. The van der Waals surface area contributed by atoms with Crippen molar-refractivity contribution < 1.29 is 4.74 Å². The largest absolute Gasteiger partial charge is 0.493 e. The van der Waals surface area contributed by atoms with Crippen molar-refractivity contribution in [1.82, 2.24) is 5.32 Å². The highest BCUT2D eigenvalue weighted by atomic mass is 16.5. The van der Waals surface area contributed by atoms with Gasteiger partial charge in [-0.2, -0.15) is 0 Å². The molecule has 2 atom stereocenters. The molecule has 2 heteroatoms. The first-order valence-corrected chi connectivity index (χ1v) is 7.79. The number of rotatable bonds is 4. The lowest BCUT2D eigenvalue weighted by molar-refractivity contribution is 0.269. The van der Waals surface area contributed by atoms with E-state index in [4.69, 9.17) is 4.74 Å². The normalized spacial score (nSPS) is 24.8. The van der Waals surface area contributed by atoms with Crippen LogP contribution in [0.1, 0.15) is 50.5 Å². The molecule has 1 aromatic rings. The summed E-state index contributed by atoms with van der Waals surface area (Å²) in [6.07, 6.45) is 7.10. The molecule has 1 saturated carbocycles. The minimum atomic E-state index is 0.530. The Bertz CT molecular complexity index is 411. The molecule has 1 fully saturated rings. The highest BCUT2D eigenvalue weighted by molar-refractivity contribution is 5.39. The van der Waals surface area contributed by atoms with Gasteiger partial charge in [0.1, 0.15) is 5.75 Å². The summed E-state index contributed by atoms with van der Waals surface area (Å²) in [6, 6.07) is 9.11. The summed E-state index contributed by atoms with van der Waals surface area (Å²) >= 11 is 0. The second-order valence-electron chi connectivity index (χ2n) is 6.14. The lowest BCUT2D eigenvalue weighted by Crippen LogP contribution is -2.37. The average Bonchev–Trinajstić information content (AvgIpc) is 2.89. The van der Waals surface area contributed by atoms with Crippen LogP contribution in [-0.2, 0) is 0 Å². The van der Waals surface area contributed by atoms with E-state index in [1.54, 1.807) is 0 Å². The molecule has 1 aromatic carbocycles. The van der Waals surface area contributed by atoms with Gasteiger partial charge in [-0.05, 0) is 31.7 Å². The maximum atomic E-state index is 5.75. The quantitative estimate of drug-likeness (QED) is 0.889. The molecule has 0 spiro atoms. The van der Waals surface area contributed by atoms with E-state index < -0.39 is 0 Å². The zero-order valence-electron chi connectivity index (χ0n) is 11.9. The van der Waals surface area contributed by atoms with Crippen molar-refractivity contribution in [3.8, 4) is 5.75 Å². The molecule has 1 aliphatic carbocycles. The van der Waals surface area contributed by atoms with Crippen LogP contribution >= 0.6 is 0 Å². The van der Waals surface area contributed by atoms with Gasteiger partial charge in [-0.15, -0.1) is 0 Å². The van der Waals surface area contributed by atoms with Crippen LogP contribution in [0.5, 0.6) is 5.75 Å². The molecule has 0 bridgehead atoms. The maximum Gasteiger partial charge on any atom is 0.122 e. The fraction of sp³-hybridized carbons (Fsp3) is 0.647. The van der Waals surface area contributed by atoms with Crippen molar-refractivity contribution in [1.29, 1.82) is 0 Å². The number of fused-ring (bicyclic) bond motifs is 1. The van der Waals surface area contributed by atoms with Crippen LogP contribution in [0.25, 0.3) is 0 Å². The fourth-order valence-electron chi connectivity index (χ4n) is 3.53. The third-order valence-corrected chi connectivity index (χ3v) is 4.84. The van der Waals surface area contributed by atoms with Gasteiger partial charge in [0.25, 0.3) is 0 Å². The van der Waals surface area contributed by atoms with Crippen molar-refractivity contribution in [2.75, 3.05) is 13.2 Å². The molecule has 1 N–H and O–H groups in total. The van der Waals surface area contributed by atoms with Gasteiger partial charge in [0.05, 0.1) is 6.61 Å². The Morgan fingerprint density at radius 3 is 2.84 bits per heavy atom. The van der Waals surface area contributed by atoms with E-state index >= 15 is 0 Å². The molecule has 1 heterocycles. The Morgan fingerprint density at radius 2 is 2.00 bits per heavy atom. The van der Waals surface area contributed by atoms with Crippen LogP contribution in [0, 0.1) is 5.92 Å². The molecule has 104 valence electrons. The van der Waals surface area contributed by atoms with Crippen molar-refractivity contribution in [2.24, 2.45) is 5.92 Å². The number of nitrogens with one attached hydrogen (secondary N) is 1. The topological polar surface area (TPSA) is 21.3 Å². The molecule has 0 saturated heterocycles. The molecule has 0 aromatic heterocycles. The first-order chi connectivity index (χ1) is 9.34. The van der Waals surface area contributed by atoms with Crippen molar-refractivity contribution in [3.63, 3.8) is 0 Å². The van der Waals surface area contributed by atoms with Gasteiger partial charge >= 0.3 is 0 Å². The Labute approximate surface area is 116 Å². The lowest BCUT2D eigenvalue weighted by Gasteiger charge is -2.29. The molecule has 19 heavy (non-hydrogen) atoms. The summed E-state index contributed by atoms with van der Waals surface area (Å²) in [4.78, 5) is 0. The third-order valence-electron chi connectivity index (χ3n) is 4.84. The van der Waals surface area contributed by atoms with E-state index in [0.29, 0.717) is 12.0 Å². The number of hydrogen-bond acceptors (Lipinski definition) is 2. The second-order valence-corrected chi connectivity index (χ2v) is 6.14. The van der Waals surface area contributed by atoms with Crippen molar-refractivity contribution in [3.05, 3.63) is 29.8 Å². The Kier molecular flexibility index (Phi) is 4.07. The second kappa shape index (κ2) is 5.96. The SMILES string of the molecule is C[C@@H](NCC1COc2ccccc21)C1CCCCC1. The highest BCUT2D eigenvalue weighted by Gasteiger charge is 2.25. The van der Waals surface area contributed by atoms with Crippen molar-refractivity contribution >= 4 is 0 Å². The molecule has 1 unspecified atom stereocenters. The number of ether oxygens (including phenoxy) is 1. The van der Waals surface area contributed by atoms with Gasteiger partial charge in [-0.1, -0.05) is 37.5 Å². The van der Waals surface area contributed by atoms with E-state index in [1.165, 1.54) is 37.7 Å². The zero-order chi connectivity index (χ0) is 13.1. The summed E-state index contributed by atoms with van der Waals surface area (Å²) in [5, 5.41) is 3.76. The molecule has 2 nitrogen and oxygen atoms in total. The first-order valence-electron chi connectivity index (χ1n) is 7.79. The molecule has 0 radical (unpaired) electrons. The summed E-state index contributed by atoms with van der Waals surface area (Å²) in [5.41, 5.74) is 1.38. The standard InChI is InChI=1S/C17H25NO/c1-13(14-7-3-2-4-8-14)18-11-15-12-19-17-10-6-5-9-16(15)17/h5-6,9-10,13-15,18H,2-4,7-8,11-12H2,1H3/t13-,15?/m1/s1. The predicted molar refractivity (Wildman–Crippen MR) is 78.7 cm³/mol. The average molecular weight is 259 g/mol. The summed E-state index contributed by atoms with van der Waals surface area (Å²) in [6.45, 7) is 4.25. The smallest absolute Gasteiger partial charge is 0.122 e. The van der Waals surface area contributed by atoms with Gasteiger partial charge in [0, 0.05) is 24.1 Å². The minimum absolute atomic E-state index is 0.530. The Hall–Kier alpha value is -1.02. The van der Waals surface area contributed by atoms with Crippen LogP contribution in [0.2, 0.25) is 0 Å². The van der Waals surface area contributed by atoms with E-state index in [-0.39, 0.29) is 0 Å². The molecule has 1 aliphatic heterocycles. The van der Waals surface area contributed by atoms with Crippen LogP contribution in [-0.4, -0.2) is 19.2 Å². The van der Waals surface area contributed by atoms with Gasteiger partial charge in [-0.25, -0.2) is 0 Å². The molecular weight excluding hydrogens is 234 g/mol. The van der Waals surface area contributed by atoms with Crippen LogP contribution in [0.4, 0.5) is 0 Å². The van der Waals surface area contributed by atoms with Crippen molar-refractivity contribution in [2.45, 2.75) is 51.0 Å².